The summed E-state index contributed by atoms with van der Waals surface area (Å²) in [5, 5.41) is 3.58. The zero-order chi connectivity index (χ0) is 15.1. The molecule has 0 amide bonds. The van der Waals surface area contributed by atoms with Crippen LogP contribution in [-0.2, 0) is 0 Å². The second-order valence-electron chi connectivity index (χ2n) is 5.81. The molecule has 0 saturated carbocycles. The molecule has 0 aromatic heterocycles. The number of methoxy groups -OCH3 is 1. The van der Waals surface area contributed by atoms with Crippen molar-refractivity contribution in [2.24, 2.45) is 5.92 Å². The Hall–Kier alpha value is -1.06. The lowest BCUT2D eigenvalue weighted by atomic mass is 10.0. The summed E-state index contributed by atoms with van der Waals surface area (Å²) in [7, 11) is 3.91. The fourth-order valence-corrected chi connectivity index (χ4v) is 2.33. The Labute approximate surface area is 124 Å². The molecule has 0 aliphatic rings. The number of nitrogens with zero attached hydrogens (tertiary/aromatic N) is 1. The molecule has 1 rings (SSSR count). The van der Waals surface area contributed by atoms with E-state index in [4.69, 9.17) is 4.74 Å². The van der Waals surface area contributed by atoms with Crippen LogP contribution < -0.4 is 10.1 Å². The minimum absolute atomic E-state index is 0.358. The average Bonchev–Trinajstić information content (AvgIpc) is 2.45. The van der Waals surface area contributed by atoms with E-state index < -0.39 is 0 Å². The molecular formula is C17H30N2O. The second-order valence-corrected chi connectivity index (χ2v) is 5.81. The van der Waals surface area contributed by atoms with Crippen LogP contribution in [0.25, 0.3) is 0 Å². The molecule has 1 aromatic carbocycles. The molecule has 3 heteroatoms. The Balaban J connectivity index is 2.77. The van der Waals surface area contributed by atoms with E-state index in [1.807, 2.05) is 12.1 Å². The minimum atomic E-state index is 0.358. The zero-order valence-electron chi connectivity index (χ0n) is 13.8. The van der Waals surface area contributed by atoms with Gasteiger partial charge in [-0.15, -0.1) is 0 Å². The predicted molar refractivity (Wildman–Crippen MR) is 86.3 cm³/mol. The monoisotopic (exact) mass is 278 g/mol. The van der Waals surface area contributed by atoms with Crippen LogP contribution in [0.1, 0.15) is 39.3 Å². The molecule has 3 nitrogen and oxygen atoms in total. The maximum absolute atomic E-state index is 5.23. The van der Waals surface area contributed by atoms with Crippen LogP contribution in [0.3, 0.4) is 0 Å². The van der Waals surface area contributed by atoms with E-state index in [0.717, 1.165) is 18.8 Å². The highest BCUT2D eigenvalue weighted by Gasteiger charge is 2.18. The van der Waals surface area contributed by atoms with Crippen molar-refractivity contribution in [2.45, 2.75) is 39.8 Å². The highest BCUT2D eigenvalue weighted by Crippen LogP contribution is 2.20. The summed E-state index contributed by atoms with van der Waals surface area (Å²) >= 11 is 0. The van der Waals surface area contributed by atoms with Crippen molar-refractivity contribution in [3.63, 3.8) is 0 Å². The van der Waals surface area contributed by atoms with Gasteiger partial charge in [0.2, 0.25) is 0 Å². The van der Waals surface area contributed by atoms with E-state index in [2.05, 4.69) is 57.1 Å². The molecule has 1 aromatic rings. The van der Waals surface area contributed by atoms with Gasteiger partial charge in [0.15, 0.2) is 0 Å². The van der Waals surface area contributed by atoms with Gasteiger partial charge in [0.25, 0.3) is 0 Å². The normalized spacial score (nSPS) is 14.6. The van der Waals surface area contributed by atoms with E-state index in [1.54, 1.807) is 7.11 Å². The van der Waals surface area contributed by atoms with Crippen LogP contribution in [0.5, 0.6) is 5.75 Å². The summed E-state index contributed by atoms with van der Waals surface area (Å²) in [6.07, 6.45) is 0. The molecule has 0 fully saturated rings. The molecule has 2 unspecified atom stereocenters. The van der Waals surface area contributed by atoms with Crippen molar-refractivity contribution in [3.8, 4) is 5.75 Å². The van der Waals surface area contributed by atoms with Gasteiger partial charge >= 0.3 is 0 Å². The summed E-state index contributed by atoms with van der Waals surface area (Å²) in [6, 6.07) is 9.31. The first-order valence-electron chi connectivity index (χ1n) is 7.57. The third-order valence-corrected chi connectivity index (χ3v) is 4.10. The molecule has 0 heterocycles. The highest BCUT2D eigenvalue weighted by atomic mass is 16.5. The first-order valence-corrected chi connectivity index (χ1v) is 7.57. The summed E-state index contributed by atoms with van der Waals surface area (Å²) in [5.74, 6) is 1.58. The maximum Gasteiger partial charge on any atom is 0.118 e. The molecule has 0 radical (unpaired) electrons. The van der Waals surface area contributed by atoms with E-state index >= 15 is 0 Å². The molecule has 0 saturated heterocycles. The van der Waals surface area contributed by atoms with Gasteiger partial charge in [-0.3, -0.25) is 0 Å². The lowest BCUT2D eigenvalue weighted by Gasteiger charge is -2.32. The van der Waals surface area contributed by atoms with Crippen LogP contribution in [0.4, 0.5) is 0 Å². The fourth-order valence-electron chi connectivity index (χ4n) is 2.33. The molecule has 1 N–H and O–H groups in total. The summed E-state index contributed by atoms with van der Waals surface area (Å²) in [4.78, 5) is 2.43. The van der Waals surface area contributed by atoms with Crippen molar-refractivity contribution in [1.82, 2.24) is 10.2 Å². The van der Waals surface area contributed by atoms with Crippen LogP contribution in [0.15, 0.2) is 24.3 Å². The third kappa shape index (κ3) is 4.80. The number of benzene rings is 1. The van der Waals surface area contributed by atoms with Gasteiger partial charge in [0, 0.05) is 18.6 Å². The molecule has 0 bridgehead atoms. The molecule has 20 heavy (non-hydrogen) atoms. The quantitative estimate of drug-likeness (QED) is 0.789. The first-order chi connectivity index (χ1) is 9.49. The van der Waals surface area contributed by atoms with E-state index in [0.29, 0.717) is 18.0 Å². The Morgan fingerprint density at radius 3 is 2.20 bits per heavy atom. The van der Waals surface area contributed by atoms with E-state index in [1.165, 1.54) is 5.56 Å². The topological polar surface area (TPSA) is 24.5 Å². The smallest absolute Gasteiger partial charge is 0.118 e. The fraction of sp³-hybridized carbons (Fsp3) is 0.647. The molecule has 0 aliphatic carbocycles. The number of hydrogen-bond acceptors (Lipinski definition) is 3. The van der Waals surface area contributed by atoms with Crippen molar-refractivity contribution < 1.29 is 4.74 Å². The van der Waals surface area contributed by atoms with Gasteiger partial charge in [-0.05, 0) is 44.1 Å². The molecular weight excluding hydrogens is 248 g/mol. The van der Waals surface area contributed by atoms with E-state index in [9.17, 15) is 0 Å². The van der Waals surface area contributed by atoms with Gasteiger partial charge in [-0.2, -0.15) is 0 Å². The molecule has 0 aliphatic heterocycles. The minimum Gasteiger partial charge on any atom is -0.497 e. The summed E-state index contributed by atoms with van der Waals surface area (Å²) < 4.78 is 5.23. The number of ether oxygens (including phenoxy) is 1. The molecule has 2 atom stereocenters. The largest absolute Gasteiger partial charge is 0.497 e. The van der Waals surface area contributed by atoms with Crippen LogP contribution in [-0.4, -0.2) is 38.2 Å². The molecule has 114 valence electrons. The van der Waals surface area contributed by atoms with Gasteiger partial charge < -0.3 is 15.0 Å². The van der Waals surface area contributed by atoms with Crippen molar-refractivity contribution in [2.75, 3.05) is 27.2 Å². The standard InChI is InChI=1S/C17H30N2O/c1-7-18-17(12-19(5)14(4)13(2)3)15-8-10-16(20-6)11-9-15/h8-11,13-14,17-18H,7,12H2,1-6H3. The summed E-state index contributed by atoms with van der Waals surface area (Å²) in [6.45, 7) is 11.0. The van der Waals surface area contributed by atoms with Crippen LogP contribution in [0, 0.1) is 5.92 Å². The third-order valence-electron chi connectivity index (χ3n) is 4.10. The van der Waals surface area contributed by atoms with Crippen molar-refractivity contribution in [1.29, 1.82) is 0 Å². The van der Waals surface area contributed by atoms with Gasteiger partial charge in [0.1, 0.15) is 5.75 Å². The first kappa shape index (κ1) is 17.0. The van der Waals surface area contributed by atoms with Crippen molar-refractivity contribution in [3.05, 3.63) is 29.8 Å². The number of nitrogens with one attached hydrogen (secondary N) is 1. The number of rotatable bonds is 8. The van der Waals surface area contributed by atoms with Crippen LogP contribution in [0.2, 0.25) is 0 Å². The maximum atomic E-state index is 5.23. The van der Waals surface area contributed by atoms with Gasteiger partial charge in [-0.25, -0.2) is 0 Å². The Bertz CT molecular complexity index is 375. The number of likely N-dealkylation sites (N-methyl/N-ethyl adjacent to an activating group) is 2. The Morgan fingerprint density at radius 2 is 1.75 bits per heavy atom. The Kier molecular flexibility index (Phi) is 7.03. The van der Waals surface area contributed by atoms with Gasteiger partial charge in [-0.1, -0.05) is 32.9 Å². The number of hydrogen-bond donors (Lipinski definition) is 1. The van der Waals surface area contributed by atoms with Crippen molar-refractivity contribution >= 4 is 0 Å². The van der Waals surface area contributed by atoms with Crippen LogP contribution >= 0.6 is 0 Å². The summed E-state index contributed by atoms with van der Waals surface area (Å²) in [5.41, 5.74) is 1.32. The second kappa shape index (κ2) is 8.28. The van der Waals surface area contributed by atoms with Gasteiger partial charge in [0.05, 0.1) is 7.11 Å². The lowest BCUT2D eigenvalue weighted by molar-refractivity contribution is 0.188. The predicted octanol–water partition coefficient (Wildman–Crippen LogP) is 3.32. The zero-order valence-corrected chi connectivity index (χ0v) is 13.8. The lowest BCUT2D eigenvalue weighted by Crippen LogP contribution is -2.40. The Morgan fingerprint density at radius 1 is 1.15 bits per heavy atom. The molecule has 0 spiro atoms. The van der Waals surface area contributed by atoms with E-state index in [-0.39, 0.29) is 0 Å². The highest BCUT2D eigenvalue weighted by molar-refractivity contribution is 5.29. The average molecular weight is 278 g/mol. The SMILES string of the molecule is CCNC(CN(C)C(C)C(C)C)c1ccc(OC)cc1.